The summed E-state index contributed by atoms with van der Waals surface area (Å²) in [6, 6.07) is 3.66. The number of aromatic nitrogens is 4. The smallest absolute Gasteiger partial charge is 0.327 e. The van der Waals surface area contributed by atoms with Crippen LogP contribution in [0.2, 0.25) is 0 Å². The van der Waals surface area contributed by atoms with Crippen LogP contribution in [0, 0.1) is 47.3 Å². The summed E-state index contributed by atoms with van der Waals surface area (Å²) in [6.07, 6.45) is 11.8. The van der Waals surface area contributed by atoms with E-state index in [4.69, 9.17) is 44.6 Å². The fraction of sp³-hybridized carbons (Fsp3) is 0.750. The molecule has 13 N–H and O–H groups in total. The average Bonchev–Trinajstić information content (AvgIpc) is 1.56. The van der Waals surface area contributed by atoms with Gasteiger partial charge in [0.1, 0.15) is 17.9 Å². The van der Waals surface area contributed by atoms with Crippen LogP contribution < -0.4 is 38.3 Å². The normalized spacial score (nSPS) is 33.5. The van der Waals surface area contributed by atoms with Gasteiger partial charge in [-0.2, -0.15) is 28.5 Å². The van der Waals surface area contributed by atoms with Crippen LogP contribution in [-0.2, 0) is 63.7 Å². The van der Waals surface area contributed by atoms with E-state index in [0.717, 1.165) is 63.5 Å². The summed E-state index contributed by atoms with van der Waals surface area (Å²) in [7, 11) is 1.80. The number of fused-ring (bicyclic) bond motifs is 1. The second-order valence-corrected chi connectivity index (χ2v) is 31.8. The highest BCUT2D eigenvalue weighted by Gasteiger charge is 2.65. The zero-order chi connectivity index (χ0) is 74.6. The first kappa shape index (κ1) is 82.0. The Morgan fingerprint density at radius 2 is 1.56 bits per heavy atom. The fourth-order valence-electron chi connectivity index (χ4n) is 16.2. The molecule has 22 atom stereocenters. The molecule has 9 rings (SSSR count). The number of carbonyl (C=O) groups is 6. The molecule has 8 heterocycles. The van der Waals surface area contributed by atoms with Gasteiger partial charge in [0.05, 0.1) is 91.0 Å². The average molecular weight is 1470 g/mol. The highest BCUT2D eigenvalue weighted by atomic mass is 32.2. The van der Waals surface area contributed by atoms with Gasteiger partial charge < -0.3 is 86.3 Å². The molecular weight excluding hydrogens is 1360 g/mol. The van der Waals surface area contributed by atoms with Crippen LogP contribution in [0.4, 0.5) is 11.6 Å². The Bertz CT molecular complexity index is 3400. The zero-order valence-corrected chi connectivity index (χ0v) is 62.9. The number of ketones is 1. The topological polar surface area (TPSA) is 420 Å². The van der Waals surface area contributed by atoms with Crippen molar-refractivity contribution in [3.05, 3.63) is 52.1 Å². The van der Waals surface area contributed by atoms with Crippen LogP contribution in [0.5, 0.6) is 0 Å². The summed E-state index contributed by atoms with van der Waals surface area (Å²) in [4.78, 5) is 101. The van der Waals surface area contributed by atoms with E-state index in [0.29, 0.717) is 30.3 Å². The number of aliphatic hydroxyl groups excluding tert-OH is 1. The van der Waals surface area contributed by atoms with Crippen LogP contribution in [0.1, 0.15) is 168 Å². The summed E-state index contributed by atoms with van der Waals surface area (Å²) in [5.74, 6) is -5.86. The molecule has 0 radical (unpaired) electrons. The Morgan fingerprint density at radius 3 is 2.23 bits per heavy atom. The molecule has 0 aliphatic carbocycles. The van der Waals surface area contributed by atoms with Gasteiger partial charge in [0.2, 0.25) is 17.8 Å². The molecule has 3 unspecified atom stereocenters. The van der Waals surface area contributed by atoms with Gasteiger partial charge in [-0.25, -0.2) is 19.6 Å². The van der Waals surface area contributed by atoms with Crippen LogP contribution >= 0.6 is 23.5 Å². The number of anilines is 2. The van der Waals surface area contributed by atoms with E-state index in [1.54, 1.807) is 37.3 Å². The minimum Gasteiger partial charge on any atom is -0.480 e. The van der Waals surface area contributed by atoms with Crippen LogP contribution in [0.25, 0.3) is 11.2 Å². The third-order valence-corrected chi connectivity index (χ3v) is 23.3. The predicted octanol–water partition coefficient (Wildman–Crippen LogP) is 6.22. The van der Waals surface area contributed by atoms with Crippen molar-refractivity contribution in [2.45, 2.75) is 242 Å². The number of hydrogen-bond donors (Lipinski definition) is 11. The Labute approximate surface area is 606 Å². The molecule has 0 bridgehead atoms. The minimum atomic E-state index is -1.55. The quantitative estimate of drug-likeness (QED) is 0.0318. The number of nitrogens with zero attached hydrogens (tertiary/aromatic N) is 3. The van der Waals surface area contributed by atoms with Gasteiger partial charge in [-0.05, 0) is 139 Å². The zero-order valence-electron chi connectivity index (χ0n) is 61.2. The number of aliphatic carboxylic acids is 2. The van der Waals surface area contributed by atoms with Gasteiger partial charge in [-0.3, -0.25) is 29.0 Å². The van der Waals surface area contributed by atoms with Gasteiger partial charge in [-0.1, -0.05) is 48.5 Å². The number of carboxylic acid groups (broad SMARTS) is 2. The molecule has 28 nitrogen and oxygen atoms in total. The first-order valence-electron chi connectivity index (χ1n) is 36.1. The number of hydrogen-bond acceptors (Lipinski definition) is 24. The predicted molar refractivity (Wildman–Crippen MR) is 386 cm³/mol. The Balaban J connectivity index is 0.000000263. The lowest BCUT2D eigenvalue weighted by Gasteiger charge is -2.50. The second-order valence-electron chi connectivity index (χ2n) is 29.9. The number of benzene rings is 1. The third-order valence-electron chi connectivity index (χ3n) is 22.0. The highest BCUT2D eigenvalue weighted by molar-refractivity contribution is 7.98. The number of ether oxygens (including phenoxy) is 7. The number of aromatic amines is 1. The number of nitrogen functional groups attached to an aromatic ring is 1. The van der Waals surface area contributed by atoms with E-state index in [1.165, 1.54) is 30.1 Å². The van der Waals surface area contributed by atoms with Gasteiger partial charge >= 0.3 is 11.9 Å². The molecule has 6 aliphatic rings. The minimum absolute atomic E-state index is 0.00219. The van der Waals surface area contributed by atoms with E-state index < -0.39 is 82.5 Å². The van der Waals surface area contributed by atoms with Crippen molar-refractivity contribution < 1.29 is 82.4 Å². The number of aliphatic hydroxyl groups is 2. The lowest BCUT2D eigenvalue weighted by Crippen LogP contribution is -2.58. The van der Waals surface area contributed by atoms with Crippen molar-refractivity contribution in [1.29, 1.82) is 0 Å². The molecule has 2 aromatic heterocycles. The highest BCUT2D eigenvalue weighted by Crippen LogP contribution is 2.57. The molecule has 3 aromatic rings. The maximum Gasteiger partial charge on any atom is 0.327 e. The van der Waals surface area contributed by atoms with E-state index in [2.05, 4.69) is 89.7 Å². The summed E-state index contributed by atoms with van der Waals surface area (Å²) in [6.45, 7) is 20.1. The molecule has 30 heteroatoms. The maximum absolute atomic E-state index is 13.0. The molecule has 570 valence electrons. The molecule has 102 heavy (non-hydrogen) atoms. The molecule has 0 saturated carbocycles. The van der Waals surface area contributed by atoms with Gasteiger partial charge in [0, 0.05) is 85.8 Å². The van der Waals surface area contributed by atoms with E-state index >= 15 is 0 Å². The van der Waals surface area contributed by atoms with Crippen molar-refractivity contribution in [3.8, 4) is 0 Å². The van der Waals surface area contributed by atoms with Crippen molar-refractivity contribution in [3.63, 3.8) is 0 Å². The summed E-state index contributed by atoms with van der Waals surface area (Å²) >= 11 is 2.98. The monoisotopic (exact) mass is 1470 g/mol. The number of methoxy groups -OCH3 is 1. The Kier molecular flexibility index (Phi) is 29.0. The fourth-order valence-corrected chi connectivity index (χ4v) is 17.1. The number of carbonyl (C=O) groups excluding carboxylic acids is 4. The second kappa shape index (κ2) is 36.1. The molecule has 3 amide bonds. The van der Waals surface area contributed by atoms with Crippen molar-refractivity contribution in [2.75, 3.05) is 61.9 Å². The molecular formula is C72H112N10O18S2. The SMILES string of the molecule is CO[C@@H]1C[C@@H](C[C@H]2CC[C@H](C)C([C@@H](C)C(=O)NCCSC)O2)O[C@]2(O[C@@](C)(C3CC[C@@](C)([C@@H]4O[C@@H]([C@@H]5O[C@@](O)(CO)[C@H](C)C[C@@H]5C)C[C@@H]4C)O3)C[C@H]2C)[C@@H]1C.CSC[C@H](NC(=O)C(CCCN)CC(=O)CC[C@H](NC(=O)c1ccc(NCc2cnc3nc(N)[nH]c(=O)c3n2)cc1)C(=O)O)C(=O)O. The number of thioether (sulfide) groups is 2. The molecule has 6 aliphatic heterocycles. The molecule has 6 fully saturated rings. The van der Waals surface area contributed by atoms with Crippen molar-refractivity contribution in [2.24, 2.45) is 53.1 Å². The van der Waals surface area contributed by atoms with Crippen molar-refractivity contribution >= 4 is 81.8 Å². The van der Waals surface area contributed by atoms with E-state index in [-0.39, 0.29) is 157 Å². The lowest BCUT2D eigenvalue weighted by molar-refractivity contribution is -0.353. The number of H-pyrrole nitrogens is 1. The summed E-state index contributed by atoms with van der Waals surface area (Å²) < 4.78 is 47.6. The van der Waals surface area contributed by atoms with Crippen LogP contribution in [0.15, 0.2) is 35.3 Å². The number of amides is 3. The summed E-state index contributed by atoms with van der Waals surface area (Å²) in [5, 5.41) is 51.1. The van der Waals surface area contributed by atoms with Crippen LogP contribution in [0.3, 0.4) is 0 Å². The van der Waals surface area contributed by atoms with E-state index in [9.17, 15) is 54.0 Å². The molecule has 1 spiro atoms. The number of Topliss-reactive ketones (excluding diaryl/α,β-unsaturated/α-hetero) is 1. The van der Waals surface area contributed by atoms with Crippen molar-refractivity contribution in [1.82, 2.24) is 35.9 Å². The van der Waals surface area contributed by atoms with Crippen LogP contribution in [-0.4, -0.2) is 210 Å². The lowest BCUT2D eigenvalue weighted by atomic mass is 9.78. The maximum atomic E-state index is 13.0. The van der Waals surface area contributed by atoms with Gasteiger partial charge in [-0.15, -0.1) is 0 Å². The standard InChI is InChI=1S/C43H75NO10S.C29H37N9O8S/c1-24-12-13-31(49-36(24)29(6)39(46)44-16-17-55-11)20-32-21-33(48-10)30(7)43(51-32)28(5)22-41(9,54-43)35-14-15-40(8,52-35)38-26(3)19-34(50-38)37-25(2)18-27(4)42(47,23-45)53-37;1-47-14-21(28(45)46)36-25(41)16(3-2-10-30)11-19(39)8-9-20(27(43)44)35-24(40)15-4-6-17(7-5-15)32-12-18-13-33-23-22(34-18)26(42)38-29(31)37-23/h24-38,45,47H,12-23H2,1-11H3,(H,44,46);4-7,13,16,20-21,32H,2-3,8-12,14,30H2,1H3,(H,35,40)(H,36,41)(H,43,44)(H,45,46)(H3,31,33,37,38,42)/t24-,25-,26-,27+,28+,29+,30+,31+,32+,33+,34+,35?,36?,37+,38+,40-,41+,42-,43+;16?,20-,21-/m00/s1. The number of nitrogens with two attached hydrogens (primary N) is 2. The largest absolute Gasteiger partial charge is 0.480 e. The van der Waals surface area contributed by atoms with Gasteiger partial charge in [0.25, 0.3) is 11.5 Å². The van der Waals surface area contributed by atoms with Gasteiger partial charge in [0.15, 0.2) is 22.7 Å². The number of nitrogens with one attached hydrogen (secondary N) is 5. The molecule has 6 saturated heterocycles. The first-order chi connectivity index (χ1) is 48.3. The number of rotatable bonds is 31. The Morgan fingerprint density at radius 1 is 0.833 bits per heavy atom. The van der Waals surface area contributed by atoms with E-state index in [1.807, 2.05) is 20.1 Å². The summed E-state index contributed by atoms with van der Waals surface area (Å²) in [5.41, 5.74) is 10.8. The molecule has 1 aromatic carbocycles. The third kappa shape index (κ3) is 19.9. The number of carboxylic acids is 2. The first-order valence-corrected chi connectivity index (χ1v) is 38.9. The Hall–Kier alpha value is -5.64.